The van der Waals surface area contributed by atoms with E-state index >= 15 is 0 Å². The first-order valence-electron chi connectivity index (χ1n) is 7.83. The Morgan fingerprint density at radius 1 is 1.35 bits per heavy atom. The summed E-state index contributed by atoms with van der Waals surface area (Å²) in [5, 5.41) is 15.3. The Balaban J connectivity index is 1.70. The van der Waals surface area contributed by atoms with Gasteiger partial charge in [0.25, 0.3) is 5.91 Å². The van der Waals surface area contributed by atoms with Crippen LogP contribution in [0.5, 0.6) is 0 Å². The van der Waals surface area contributed by atoms with Crippen LogP contribution in [0.4, 0.5) is 8.78 Å². The van der Waals surface area contributed by atoms with Crippen molar-refractivity contribution in [3.05, 3.63) is 48.1 Å². The maximum Gasteiger partial charge on any atom is 0.332 e. The van der Waals surface area contributed by atoms with Crippen molar-refractivity contribution in [3.8, 4) is 0 Å². The number of carboxylic acids is 1. The Kier molecular flexibility index (Phi) is 4.73. The molecule has 1 aromatic rings. The molecule has 1 fully saturated rings. The predicted molar refractivity (Wildman–Crippen MR) is 85.4 cm³/mol. The number of amides is 1. The van der Waals surface area contributed by atoms with Gasteiger partial charge in [-0.05, 0) is 18.2 Å². The van der Waals surface area contributed by atoms with Crippen molar-refractivity contribution in [2.45, 2.75) is 30.6 Å². The molecule has 2 aliphatic rings. The lowest BCUT2D eigenvalue weighted by atomic mass is 9.92. The highest BCUT2D eigenvalue weighted by Gasteiger charge is 2.46. The zero-order valence-corrected chi connectivity index (χ0v) is 13.6. The molecule has 26 heavy (non-hydrogen) atoms. The van der Waals surface area contributed by atoms with Crippen LogP contribution in [0.15, 0.2) is 36.0 Å². The number of hydrogen-bond donors (Lipinski definition) is 2. The van der Waals surface area contributed by atoms with E-state index in [-0.39, 0.29) is 30.7 Å². The van der Waals surface area contributed by atoms with Crippen molar-refractivity contribution < 1.29 is 33.1 Å². The molecule has 2 aliphatic heterocycles. The average Bonchev–Trinajstić information content (AvgIpc) is 3.21. The molecule has 7 nitrogen and oxygen atoms in total. The molecular formula is C17H16F2N2O5. The van der Waals surface area contributed by atoms with Crippen LogP contribution in [-0.4, -0.2) is 47.0 Å². The van der Waals surface area contributed by atoms with Crippen molar-refractivity contribution in [2.75, 3.05) is 6.61 Å². The third kappa shape index (κ3) is 3.43. The minimum Gasteiger partial charge on any atom is -0.479 e. The number of rotatable bonds is 5. The van der Waals surface area contributed by atoms with E-state index in [9.17, 15) is 18.4 Å². The molecule has 0 aromatic heterocycles. The molecule has 1 saturated heterocycles. The van der Waals surface area contributed by atoms with Gasteiger partial charge in [-0.25, -0.2) is 13.6 Å². The van der Waals surface area contributed by atoms with Crippen molar-refractivity contribution in [3.63, 3.8) is 0 Å². The number of hydrogen-bond acceptors (Lipinski definition) is 5. The molecule has 0 bridgehead atoms. The van der Waals surface area contributed by atoms with Crippen LogP contribution in [-0.2, 0) is 19.2 Å². The standard InChI is InChI=1S/C17H16F2N2O5/c1-2-17(16(24)20-12-6-14(15(22)23)25-8-12)7-13(21-26-17)9-3-10(18)5-11(19)4-9/h2-5,12,14H,1,6-8H2,(H,20,24)(H,22,23)/t12-,14-,17?/m1/s1. The van der Waals surface area contributed by atoms with Gasteiger partial charge in [0.15, 0.2) is 6.10 Å². The highest BCUT2D eigenvalue weighted by molar-refractivity contribution is 6.06. The lowest BCUT2D eigenvalue weighted by molar-refractivity contribution is -0.147. The minimum absolute atomic E-state index is 0.0543. The lowest BCUT2D eigenvalue weighted by Gasteiger charge is -2.23. The van der Waals surface area contributed by atoms with Crippen LogP contribution >= 0.6 is 0 Å². The van der Waals surface area contributed by atoms with E-state index in [1.807, 2.05) is 0 Å². The molecule has 3 rings (SSSR count). The number of carbonyl (C=O) groups is 2. The molecule has 9 heteroatoms. The second-order valence-electron chi connectivity index (χ2n) is 6.12. The Morgan fingerprint density at radius 2 is 2.04 bits per heavy atom. The van der Waals surface area contributed by atoms with Gasteiger partial charge in [-0.2, -0.15) is 0 Å². The largest absolute Gasteiger partial charge is 0.479 e. The van der Waals surface area contributed by atoms with Crippen LogP contribution < -0.4 is 5.32 Å². The number of benzene rings is 1. The molecule has 2 N–H and O–H groups in total. The monoisotopic (exact) mass is 366 g/mol. The highest BCUT2D eigenvalue weighted by atomic mass is 19.1. The molecule has 1 aromatic carbocycles. The molecule has 2 heterocycles. The van der Waals surface area contributed by atoms with Crippen LogP contribution in [0.1, 0.15) is 18.4 Å². The van der Waals surface area contributed by atoms with Crippen molar-refractivity contribution in [2.24, 2.45) is 5.16 Å². The first-order valence-corrected chi connectivity index (χ1v) is 7.83. The number of aliphatic carboxylic acids is 1. The predicted octanol–water partition coefficient (Wildman–Crippen LogP) is 1.37. The summed E-state index contributed by atoms with van der Waals surface area (Å²) >= 11 is 0. The van der Waals surface area contributed by atoms with E-state index < -0.39 is 41.3 Å². The molecule has 0 aliphatic carbocycles. The maximum absolute atomic E-state index is 13.4. The Bertz CT molecular complexity index is 777. The second kappa shape index (κ2) is 6.83. The van der Waals surface area contributed by atoms with Crippen LogP contribution in [0, 0.1) is 11.6 Å². The van der Waals surface area contributed by atoms with Gasteiger partial charge in [0.2, 0.25) is 5.60 Å². The Hall–Kier alpha value is -2.81. The zero-order valence-electron chi connectivity index (χ0n) is 13.6. The van der Waals surface area contributed by atoms with Crippen LogP contribution in [0.25, 0.3) is 0 Å². The Labute approximate surface area is 147 Å². The molecule has 0 spiro atoms. The summed E-state index contributed by atoms with van der Waals surface area (Å²) in [7, 11) is 0. The minimum atomic E-state index is -1.54. The third-order valence-corrected chi connectivity index (χ3v) is 4.27. The summed E-state index contributed by atoms with van der Waals surface area (Å²) in [6.07, 6.45) is 0.323. The van der Waals surface area contributed by atoms with Crippen LogP contribution in [0.2, 0.25) is 0 Å². The SMILES string of the molecule is C=CC1(C(=O)N[C@H]2CO[C@@H](C(=O)O)C2)CC(c2cc(F)cc(F)c2)=NO1. The lowest BCUT2D eigenvalue weighted by Crippen LogP contribution is -2.49. The topological polar surface area (TPSA) is 97.2 Å². The number of carboxylic acid groups (broad SMARTS) is 1. The van der Waals surface area contributed by atoms with Gasteiger partial charge in [-0.15, -0.1) is 0 Å². The number of carbonyl (C=O) groups excluding carboxylic acids is 1. The van der Waals surface area contributed by atoms with Crippen molar-refractivity contribution in [1.29, 1.82) is 0 Å². The number of nitrogens with zero attached hydrogens (tertiary/aromatic N) is 1. The van der Waals surface area contributed by atoms with E-state index in [0.717, 1.165) is 18.2 Å². The van der Waals surface area contributed by atoms with Gasteiger partial charge in [0.1, 0.15) is 11.6 Å². The number of ether oxygens (including phenoxy) is 1. The summed E-state index contributed by atoms with van der Waals surface area (Å²) in [6, 6.07) is 2.40. The van der Waals surface area contributed by atoms with Gasteiger partial charge < -0.3 is 20.0 Å². The van der Waals surface area contributed by atoms with E-state index in [1.54, 1.807) is 0 Å². The normalized spacial score (nSPS) is 27.5. The fourth-order valence-corrected chi connectivity index (χ4v) is 2.86. The summed E-state index contributed by atoms with van der Waals surface area (Å²) < 4.78 is 31.9. The third-order valence-electron chi connectivity index (χ3n) is 4.27. The molecular weight excluding hydrogens is 350 g/mol. The maximum atomic E-state index is 13.4. The first kappa shape index (κ1) is 18.0. The molecule has 138 valence electrons. The van der Waals surface area contributed by atoms with E-state index in [2.05, 4.69) is 17.1 Å². The average molecular weight is 366 g/mol. The fourth-order valence-electron chi connectivity index (χ4n) is 2.86. The van der Waals surface area contributed by atoms with Gasteiger partial charge in [0.05, 0.1) is 18.4 Å². The van der Waals surface area contributed by atoms with E-state index in [0.29, 0.717) is 0 Å². The van der Waals surface area contributed by atoms with Gasteiger partial charge in [0, 0.05) is 24.5 Å². The summed E-state index contributed by atoms with van der Waals surface area (Å²) in [5.74, 6) is -3.23. The zero-order chi connectivity index (χ0) is 18.9. The summed E-state index contributed by atoms with van der Waals surface area (Å²) in [6.45, 7) is 3.64. The molecule has 1 amide bonds. The molecule has 1 unspecified atom stereocenters. The number of halogens is 2. The second-order valence-corrected chi connectivity index (χ2v) is 6.12. The first-order chi connectivity index (χ1) is 12.3. The smallest absolute Gasteiger partial charge is 0.332 e. The number of oxime groups is 1. The van der Waals surface area contributed by atoms with Crippen molar-refractivity contribution in [1.82, 2.24) is 5.32 Å². The van der Waals surface area contributed by atoms with Gasteiger partial charge >= 0.3 is 5.97 Å². The highest BCUT2D eigenvalue weighted by Crippen LogP contribution is 2.29. The Morgan fingerprint density at radius 3 is 2.62 bits per heavy atom. The summed E-state index contributed by atoms with van der Waals surface area (Å²) in [5.41, 5.74) is -1.18. The van der Waals surface area contributed by atoms with Crippen molar-refractivity contribution >= 4 is 17.6 Å². The van der Waals surface area contributed by atoms with Gasteiger partial charge in [-0.3, -0.25) is 4.79 Å². The quantitative estimate of drug-likeness (QED) is 0.768. The molecule has 0 saturated carbocycles. The summed E-state index contributed by atoms with van der Waals surface area (Å²) in [4.78, 5) is 28.8. The van der Waals surface area contributed by atoms with E-state index in [4.69, 9.17) is 14.7 Å². The van der Waals surface area contributed by atoms with E-state index in [1.165, 1.54) is 6.08 Å². The molecule has 0 radical (unpaired) electrons. The fraction of sp³-hybridized carbons (Fsp3) is 0.353. The van der Waals surface area contributed by atoms with Gasteiger partial charge in [-0.1, -0.05) is 11.7 Å². The van der Waals surface area contributed by atoms with Crippen LogP contribution in [0.3, 0.4) is 0 Å². The number of nitrogens with one attached hydrogen (secondary N) is 1. The molecule has 3 atom stereocenters.